The second-order valence-corrected chi connectivity index (χ2v) is 6.24. The Bertz CT molecular complexity index is 574. The lowest BCUT2D eigenvalue weighted by Crippen LogP contribution is -2.49. The Hall–Kier alpha value is -2.08. The van der Waals surface area contributed by atoms with E-state index in [4.69, 9.17) is 14.6 Å². The van der Waals surface area contributed by atoms with E-state index < -0.39 is 5.97 Å². The van der Waals surface area contributed by atoms with Gasteiger partial charge < -0.3 is 19.5 Å². The zero-order valence-corrected chi connectivity index (χ0v) is 14.2. The van der Waals surface area contributed by atoms with Gasteiger partial charge in [-0.1, -0.05) is 25.1 Å². The maximum Gasteiger partial charge on any atom is 0.305 e. The maximum atomic E-state index is 12.6. The van der Waals surface area contributed by atoms with Gasteiger partial charge >= 0.3 is 5.97 Å². The molecule has 1 N–H and O–H groups in total. The van der Waals surface area contributed by atoms with Crippen LogP contribution in [0.1, 0.15) is 25.3 Å². The number of methoxy groups -OCH3 is 1. The van der Waals surface area contributed by atoms with Gasteiger partial charge in [0.25, 0.3) is 0 Å². The van der Waals surface area contributed by atoms with Crippen LogP contribution in [0.4, 0.5) is 0 Å². The molecule has 1 aromatic carbocycles. The molecule has 0 spiro atoms. The predicted molar refractivity (Wildman–Crippen MR) is 89.1 cm³/mol. The first-order valence-corrected chi connectivity index (χ1v) is 8.22. The molecular weight excluding hydrogens is 310 g/mol. The fourth-order valence-corrected chi connectivity index (χ4v) is 3.09. The predicted octanol–water partition coefficient (Wildman–Crippen LogP) is 1.97. The van der Waals surface area contributed by atoms with Crippen molar-refractivity contribution in [3.8, 4) is 5.75 Å². The maximum absolute atomic E-state index is 12.6. The first kappa shape index (κ1) is 18.3. The average molecular weight is 335 g/mol. The summed E-state index contributed by atoms with van der Waals surface area (Å²) in [6, 6.07) is 7.41. The summed E-state index contributed by atoms with van der Waals surface area (Å²) in [5.74, 6) is 0.0476. The number of nitrogens with zero attached hydrogens (tertiary/aromatic N) is 1. The first-order chi connectivity index (χ1) is 11.5. The minimum atomic E-state index is -0.912. The number of carbonyl (C=O) groups is 2. The van der Waals surface area contributed by atoms with Crippen LogP contribution in [0, 0.1) is 5.92 Å². The highest BCUT2D eigenvalue weighted by molar-refractivity contribution is 5.78. The molecule has 6 nitrogen and oxygen atoms in total. The van der Waals surface area contributed by atoms with Gasteiger partial charge in [-0.3, -0.25) is 9.59 Å². The van der Waals surface area contributed by atoms with Gasteiger partial charge in [0.2, 0.25) is 5.91 Å². The number of ether oxygens (including phenoxy) is 2. The molecule has 0 saturated carbocycles. The van der Waals surface area contributed by atoms with Crippen molar-refractivity contribution in [2.75, 3.05) is 26.9 Å². The lowest BCUT2D eigenvalue weighted by Gasteiger charge is -2.35. The highest BCUT2D eigenvalue weighted by atomic mass is 16.5. The van der Waals surface area contributed by atoms with Crippen LogP contribution in [0.25, 0.3) is 0 Å². The topological polar surface area (TPSA) is 76.1 Å². The number of hydrogen-bond acceptors (Lipinski definition) is 4. The van der Waals surface area contributed by atoms with E-state index in [-0.39, 0.29) is 24.3 Å². The minimum Gasteiger partial charge on any atom is -0.496 e. The van der Waals surface area contributed by atoms with Crippen molar-refractivity contribution in [1.29, 1.82) is 0 Å². The van der Waals surface area contributed by atoms with Gasteiger partial charge in [0.05, 0.1) is 32.8 Å². The molecule has 0 aliphatic carbocycles. The van der Waals surface area contributed by atoms with E-state index in [1.165, 1.54) is 0 Å². The van der Waals surface area contributed by atoms with E-state index in [9.17, 15) is 9.59 Å². The van der Waals surface area contributed by atoms with Crippen LogP contribution in [0.15, 0.2) is 24.3 Å². The van der Waals surface area contributed by atoms with Gasteiger partial charge in [-0.15, -0.1) is 0 Å². The molecule has 0 aromatic heterocycles. The molecule has 6 heteroatoms. The fourth-order valence-electron chi connectivity index (χ4n) is 3.09. The smallest absolute Gasteiger partial charge is 0.305 e. The quantitative estimate of drug-likeness (QED) is 0.824. The monoisotopic (exact) mass is 335 g/mol. The van der Waals surface area contributed by atoms with E-state index in [0.717, 1.165) is 17.7 Å². The summed E-state index contributed by atoms with van der Waals surface area (Å²) in [6.07, 6.45) is 1.05. The molecule has 1 fully saturated rings. The number of rotatable bonds is 7. The van der Waals surface area contributed by atoms with E-state index in [1.54, 1.807) is 12.0 Å². The fraction of sp³-hybridized carbons (Fsp3) is 0.556. The second-order valence-electron chi connectivity index (χ2n) is 6.24. The van der Waals surface area contributed by atoms with Gasteiger partial charge in [0.1, 0.15) is 5.75 Å². The van der Waals surface area contributed by atoms with Crippen LogP contribution in [-0.2, 0) is 20.7 Å². The largest absolute Gasteiger partial charge is 0.496 e. The van der Waals surface area contributed by atoms with Crippen molar-refractivity contribution < 1.29 is 24.2 Å². The van der Waals surface area contributed by atoms with Crippen molar-refractivity contribution in [3.05, 3.63) is 29.8 Å². The SMILES string of the molecule is COc1ccccc1CC(C)CC(=O)N1CCOCC1CC(=O)O. The number of aliphatic carboxylic acids is 1. The van der Waals surface area contributed by atoms with Crippen LogP contribution in [0.3, 0.4) is 0 Å². The number of amides is 1. The van der Waals surface area contributed by atoms with Gasteiger partial charge in [-0.2, -0.15) is 0 Å². The van der Waals surface area contributed by atoms with Crippen molar-refractivity contribution in [2.24, 2.45) is 5.92 Å². The Balaban J connectivity index is 1.95. The van der Waals surface area contributed by atoms with Gasteiger partial charge in [0.15, 0.2) is 0 Å². The third-order valence-electron chi connectivity index (χ3n) is 4.24. The summed E-state index contributed by atoms with van der Waals surface area (Å²) >= 11 is 0. The summed E-state index contributed by atoms with van der Waals surface area (Å²) in [5.41, 5.74) is 1.07. The lowest BCUT2D eigenvalue weighted by molar-refractivity contribution is -0.146. The van der Waals surface area contributed by atoms with E-state index in [1.807, 2.05) is 31.2 Å². The molecule has 0 bridgehead atoms. The summed E-state index contributed by atoms with van der Waals surface area (Å²) in [5, 5.41) is 8.99. The molecule has 132 valence electrons. The molecule has 1 aliphatic heterocycles. The van der Waals surface area contributed by atoms with Crippen molar-refractivity contribution in [2.45, 2.75) is 32.2 Å². The molecule has 2 atom stereocenters. The average Bonchev–Trinajstić information content (AvgIpc) is 2.55. The zero-order chi connectivity index (χ0) is 17.5. The Morgan fingerprint density at radius 2 is 2.17 bits per heavy atom. The third-order valence-corrected chi connectivity index (χ3v) is 4.24. The summed E-state index contributed by atoms with van der Waals surface area (Å²) in [4.78, 5) is 25.2. The molecule has 24 heavy (non-hydrogen) atoms. The van der Waals surface area contributed by atoms with E-state index in [2.05, 4.69) is 0 Å². The standard InChI is InChI=1S/C18H25NO5/c1-13(9-14-5-3-4-6-16(14)23-2)10-17(20)19-7-8-24-12-15(19)11-18(21)22/h3-6,13,15H,7-12H2,1-2H3,(H,21,22). The number of morpholine rings is 1. The molecule has 1 heterocycles. The van der Waals surface area contributed by atoms with Crippen molar-refractivity contribution in [3.63, 3.8) is 0 Å². The molecule has 1 amide bonds. The third kappa shape index (κ3) is 4.96. The molecule has 1 aliphatic rings. The number of carbonyl (C=O) groups excluding carboxylic acids is 1. The highest BCUT2D eigenvalue weighted by Gasteiger charge is 2.29. The second kappa shape index (κ2) is 8.68. The molecule has 0 radical (unpaired) electrons. The van der Waals surface area contributed by atoms with Gasteiger partial charge in [0, 0.05) is 13.0 Å². The number of benzene rings is 1. The van der Waals surface area contributed by atoms with Gasteiger partial charge in [-0.25, -0.2) is 0 Å². The Morgan fingerprint density at radius 3 is 2.88 bits per heavy atom. The van der Waals surface area contributed by atoms with E-state index in [0.29, 0.717) is 26.2 Å². The van der Waals surface area contributed by atoms with E-state index >= 15 is 0 Å². The summed E-state index contributed by atoms with van der Waals surface area (Å²) in [6.45, 7) is 3.23. The molecular formula is C18H25NO5. The van der Waals surface area contributed by atoms with Crippen LogP contribution in [0.5, 0.6) is 5.75 Å². The summed E-state index contributed by atoms with van der Waals surface area (Å²) < 4.78 is 10.7. The van der Waals surface area contributed by atoms with Crippen LogP contribution in [-0.4, -0.2) is 54.8 Å². The number of carboxylic acid groups (broad SMARTS) is 1. The van der Waals surface area contributed by atoms with Crippen LogP contribution in [0.2, 0.25) is 0 Å². The Kier molecular flexibility index (Phi) is 6.61. The Labute approximate surface area is 142 Å². The number of carboxylic acids is 1. The van der Waals surface area contributed by atoms with Crippen molar-refractivity contribution >= 4 is 11.9 Å². The highest BCUT2D eigenvalue weighted by Crippen LogP contribution is 2.23. The summed E-state index contributed by atoms with van der Waals surface area (Å²) in [7, 11) is 1.64. The van der Waals surface area contributed by atoms with Crippen LogP contribution >= 0.6 is 0 Å². The molecule has 1 saturated heterocycles. The van der Waals surface area contributed by atoms with Crippen molar-refractivity contribution in [1.82, 2.24) is 4.90 Å². The molecule has 2 unspecified atom stereocenters. The molecule has 1 aromatic rings. The lowest BCUT2D eigenvalue weighted by atomic mass is 9.96. The Morgan fingerprint density at radius 1 is 1.42 bits per heavy atom. The van der Waals surface area contributed by atoms with Gasteiger partial charge in [-0.05, 0) is 24.0 Å². The minimum absolute atomic E-state index is 0.00746. The van der Waals surface area contributed by atoms with Crippen LogP contribution < -0.4 is 4.74 Å². The normalized spacial score (nSPS) is 18.9. The molecule has 2 rings (SSSR count). The number of hydrogen-bond donors (Lipinski definition) is 1. The first-order valence-electron chi connectivity index (χ1n) is 8.22. The number of para-hydroxylation sites is 1. The zero-order valence-electron chi connectivity index (χ0n) is 14.2.